The highest BCUT2D eigenvalue weighted by molar-refractivity contribution is 7.98. The van der Waals surface area contributed by atoms with Crippen molar-refractivity contribution < 1.29 is 0 Å². The van der Waals surface area contributed by atoms with E-state index in [4.69, 9.17) is 12.2 Å². The zero-order chi connectivity index (χ0) is 9.26. The van der Waals surface area contributed by atoms with Crippen LogP contribution in [0, 0.1) is 4.64 Å². The van der Waals surface area contributed by atoms with Crippen molar-refractivity contribution in [1.29, 1.82) is 0 Å². The Hall–Kier alpha value is -0.870. The van der Waals surface area contributed by atoms with E-state index in [9.17, 15) is 0 Å². The highest BCUT2D eigenvalue weighted by Crippen LogP contribution is 2.16. The molecule has 1 aromatic heterocycles. The molecule has 1 aromatic carbocycles. The van der Waals surface area contributed by atoms with E-state index >= 15 is 0 Å². The van der Waals surface area contributed by atoms with E-state index in [0.29, 0.717) is 4.64 Å². The maximum Gasteiger partial charge on any atom is 0.166 e. The van der Waals surface area contributed by atoms with Gasteiger partial charge in [-0.05, 0) is 18.4 Å². The van der Waals surface area contributed by atoms with Gasteiger partial charge in [0.1, 0.15) is 4.64 Å². The normalized spacial score (nSPS) is 10.5. The van der Waals surface area contributed by atoms with E-state index in [-0.39, 0.29) is 0 Å². The van der Waals surface area contributed by atoms with E-state index in [2.05, 4.69) is 9.97 Å². The lowest BCUT2D eigenvalue weighted by molar-refractivity contribution is 0.997. The number of H-pyrrole nitrogens is 1. The SMILES string of the molecule is CSc1nc(=S)c2ccccc2[nH]1. The van der Waals surface area contributed by atoms with Gasteiger partial charge in [-0.1, -0.05) is 36.1 Å². The number of nitrogens with zero attached hydrogens (tertiary/aromatic N) is 1. The molecule has 4 heteroatoms. The number of thioether (sulfide) groups is 1. The summed E-state index contributed by atoms with van der Waals surface area (Å²) in [6.45, 7) is 0. The Balaban J connectivity index is 2.85. The van der Waals surface area contributed by atoms with Gasteiger partial charge in [0.25, 0.3) is 0 Å². The minimum atomic E-state index is 0.665. The number of rotatable bonds is 1. The fourth-order valence-corrected chi connectivity index (χ4v) is 1.89. The fourth-order valence-electron chi connectivity index (χ4n) is 1.17. The largest absolute Gasteiger partial charge is 0.334 e. The van der Waals surface area contributed by atoms with Gasteiger partial charge < -0.3 is 4.98 Å². The molecule has 0 unspecified atom stereocenters. The molecule has 0 spiro atoms. The van der Waals surface area contributed by atoms with Gasteiger partial charge >= 0.3 is 0 Å². The highest BCUT2D eigenvalue weighted by Gasteiger charge is 1.97. The molecule has 66 valence electrons. The Morgan fingerprint density at radius 1 is 1.38 bits per heavy atom. The van der Waals surface area contributed by atoms with Crippen molar-refractivity contribution >= 4 is 34.9 Å². The number of fused-ring (bicyclic) bond motifs is 1. The van der Waals surface area contributed by atoms with Crippen LogP contribution in [0.4, 0.5) is 0 Å². The van der Waals surface area contributed by atoms with E-state index in [1.807, 2.05) is 30.5 Å². The first-order chi connectivity index (χ1) is 6.31. The van der Waals surface area contributed by atoms with Crippen LogP contribution in [-0.4, -0.2) is 16.2 Å². The smallest absolute Gasteiger partial charge is 0.166 e. The summed E-state index contributed by atoms with van der Waals surface area (Å²) in [5, 5.41) is 1.87. The van der Waals surface area contributed by atoms with Gasteiger partial charge in [-0.25, -0.2) is 4.98 Å². The van der Waals surface area contributed by atoms with Crippen LogP contribution in [0.3, 0.4) is 0 Å². The lowest BCUT2D eigenvalue weighted by Crippen LogP contribution is -1.87. The standard InChI is InChI=1S/C9H8N2S2/c1-13-9-10-7-5-3-2-4-6(7)8(12)11-9/h2-5H,1H3,(H,10,11,12). The second-order valence-corrected chi connectivity index (χ2v) is 3.78. The second kappa shape index (κ2) is 3.47. The molecule has 0 fully saturated rings. The molecule has 1 N–H and O–H groups in total. The molecular formula is C9H8N2S2. The zero-order valence-electron chi connectivity index (χ0n) is 7.07. The number of hydrogen-bond acceptors (Lipinski definition) is 3. The molecule has 2 rings (SSSR count). The summed E-state index contributed by atoms with van der Waals surface area (Å²) in [6.07, 6.45) is 1.97. The molecular weight excluding hydrogens is 200 g/mol. The van der Waals surface area contributed by atoms with Crippen molar-refractivity contribution in [2.75, 3.05) is 6.26 Å². The third-order valence-corrected chi connectivity index (χ3v) is 2.69. The quantitative estimate of drug-likeness (QED) is 0.443. The lowest BCUT2D eigenvalue weighted by atomic mass is 10.2. The van der Waals surface area contributed by atoms with Crippen molar-refractivity contribution in [1.82, 2.24) is 9.97 Å². The summed E-state index contributed by atoms with van der Waals surface area (Å²) in [5.74, 6) is 0. The zero-order valence-corrected chi connectivity index (χ0v) is 8.71. The summed E-state index contributed by atoms with van der Waals surface area (Å²) in [5.41, 5.74) is 1.05. The maximum atomic E-state index is 5.16. The minimum absolute atomic E-state index is 0.665. The number of hydrogen-bond donors (Lipinski definition) is 1. The molecule has 0 radical (unpaired) electrons. The first-order valence-corrected chi connectivity index (χ1v) is 5.47. The van der Waals surface area contributed by atoms with Crippen molar-refractivity contribution in [3.05, 3.63) is 28.9 Å². The number of nitrogens with one attached hydrogen (secondary N) is 1. The fraction of sp³-hybridized carbons (Fsp3) is 0.111. The van der Waals surface area contributed by atoms with Gasteiger partial charge in [-0.15, -0.1) is 0 Å². The Bertz CT molecular complexity index is 490. The number of para-hydroxylation sites is 1. The number of aromatic nitrogens is 2. The summed E-state index contributed by atoms with van der Waals surface area (Å²) in [4.78, 5) is 7.44. The summed E-state index contributed by atoms with van der Waals surface area (Å²) >= 11 is 6.73. The maximum absolute atomic E-state index is 5.16. The van der Waals surface area contributed by atoms with Crippen molar-refractivity contribution in [2.24, 2.45) is 0 Å². The van der Waals surface area contributed by atoms with E-state index in [0.717, 1.165) is 16.1 Å². The Morgan fingerprint density at radius 3 is 2.92 bits per heavy atom. The molecule has 0 saturated carbocycles. The Kier molecular flexibility index (Phi) is 2.33. The molecule has 13 heavy (non-hydrogen) atoms. The molecule has 0 aliphatic rings. The molecule has 0 amide bonds. The summed E-state index contributed by atoms with van der Waals surface area (Å²) in [7, 11) is 0. The van der Waals surface area contributed by atoms with Crippen LogP contribution < -0.4 is 0 Å². The van der Waals surface area contributed by atoms with Crippen LogP contribution in [0.15, 0.2) is 29.4 Å². The average Bonchev–Trinajstić information content (AvgIpc) is 2.18. The first-order valence-electron chi connectivity index (χ1n) is 3.84. The lowest BCUT2D eigenvalue weighted by Gasteiger charge is -2.00. The van der Waals surface area contributed by atoms with E-state index in [1.54, 1.807) is 11.8 Å². The van der Waals surface area contributed by atoms with E-state index in [1.165, 1.54) is 0 Å². The van der Waals surface area contributed by atoms with Crippen molar-refractivity contribution in [2.45, 2.75) is 5.16 Å². The minimum Gasteiger partial charge on any atom is -0.334 e. The molecule has 0 bridgehead atoms. The highest BCUT2D eigenvalue weighted by atomic mass is 32.2. The number of aromatic amines is 1. The van der Waals surface area contributed by atoms with Crippen LogP contribution in [0.2, 0.25) is 0 Å². The molecule has 2 aromatic rings. The summed E-state index contributed by atoms with van der Waals surface area (Å²) < 4.78 is 0.665. The molecule has 1 heterocycles. The molecule has 0 aliphatic heterocycles. The first kappa shape index (κ1) is 8.72. The molecule has 2 nitrogen and oxygen atoms in total. The Labute approximate surface area is 85.4 Å². The van der Waals surface area contributed by atoms with Gasteiger partial charge in [-0.2, -0.15) is 0 Å². The van der Waals surface area contributed by atoms with E-state index < -0.39 is 0 Å². The van der Waals surface area contributed by atoms with Crippen molar-refractivity contribution in [3.63, 3.8) is 0 Å². The van der Waals surface area contributed by atoms with Crippen LogP contribution in [0.1, 0.15) is 0 Å². The van der Waals surface area contributed by atoms with Gasteiger partial charge in [0.2, 0.25) is 0 Å². The molecule has 0 saturated heterocycles. The summed E-state index contributed by atoms with van der Waals surface area (Å²) in [6, 6.07) is 7.93. The molecule has 0 atom stereocenters. The van der Waals surface area contributed by atoms with Crippen LogP contribution in [0.5, 0.6) is 0 Å². The van der Waals surface area contributed by atoms with Gasteiger partial charge in [0, 0.05) is 5.39 Å². The second-order valence-electron chi connectivity index (χ2n) is 2.60. The van der Waals surface area contributed by atoms with Crippen LogP contribution >= 0.6 is 24.0 Å². The predicted molar refractivity (Wildman–Crippen MR) is 58.7 cm³/mol. The molecule has 0 aliphatic carbocycles. The topological polar surface area (TPSA) is 28.7 Å². The Morgan fingerprint density at radius 2 is 2.15 bits per heavy atom. The van der Waals surface area contributed by atoms with Gasteiger partial charge in [0.15, 0.2) is 5.16 Å². The van der Waals surface area contributed by atoms with Crippen molar-refractivity contribution in [3.8, 4) is 0 Å². The van der Waals surface area contributed by atoms with Crippen LogP contribution in [0.25, 0.3) is 10.9 Å². The third-order valence-electron chi connectivity index (χ3n) is 1.80. The van der Waals surface area contributed by atoms with Gasteiger partial charge in [0.05, 0.1) is 5.52 Å². The average molecular weight is 208 g/mol. The monoisotopic (exact) mass is 208 g/mol. The van der Waals surface area contributed by atoms with Crippen LogP contribution in [-0.2, 0) is 0 Å². The predicted octanol–water partition coefficient (Wildman–Crippen LogP) is 3.01. The third kappa shape index (κ3) is 1.59. The number of benzene rings is 1. The van der Waals surface area contributed by atoms with Gasteiger partial charge in [-0.3, -0.25) is 0 Å².